The van der Waals surface area contributed by atoms with Crippen molar-refractivity contribution in [2.45, 2.75) is 19.4 Å². The van der Waals surface area contributed by atoms with E-state index in [9.17, 15) is 5.11 Å². The summed E-state index contributed by atoms with van der Waals surface area (Å²) in [4.78, 5) is 0. The number of thiophene rings is 1. The molecule has 1 N–H and O–H groups in total. The molecule has 0 radical (unpaired) electrons. The van der Waals surface area contributed by atoms with Gasteiger partial charge in [0.2, 0.25) is 0 Å². The number of halogens is 2. The first-order valence-electron chi connectivity index (χ1n) is 5.24. The predicted octanol–water partition coefficient (Wildman–Crippen LogP) is 4.86. The smallest absolute Gasteiger partial charge is 0.0849 e. The van der Waals surface area contributed by atoms with Crippen LogP contribution in [0.25, 0.3) is 0 Å². The van der Waals surface area contributed by atoms with Gasteiger partial charge in [0.25, 0.3) is 0 Å². The minimum atomic E-state index is -0.464. The third kappa shape index (κ3) is 3.41. The molecule has 0 bridgehead atoms. The minimum Gasteiger partial charge on any atom is -0.388 e. The molecule has 0 aliphatic carbocycles. The average molecular weight is 376 g/mol. The van der Waals surface area contributed by atoms with Crippen LogP contribution in [0.1, 0.15) is 22.8 Å². The molecule has 2 rings (SSSR count). The van der Waals surface area contributed by atoms with E-state index in [4.69, 9.17) is 0 Å². The average Bonchev–Trinajstić information content (AvgIpc) is 2.58. The standard InChI is InChI=1S/C13H12Br2OS/c1-8-3-2-4-9(5-8)6-11(16)10-7-12(14)17-13(10)15/h2-5,7,11,16H,6H2,1H3. The number of hydrogen-bond acceptors (Lipinski definition) is 2. The van der Waals surface area contributed by atoms with Crippen molar-refractivity contribution in [2.75, 3.05) is 0 Å². The van der Waals surface area contributed by atoms with Gasteiger partial charge in [0.15, 0.2) is 0 Å². The highest BCUT2D eigenvalue weighted by Gasteiger charge is 2.15. The lowest BCUT2D eigenvalue weighted by molar-refractivity contribution is 0.178. The third-order valence-corrected chi connectivity index (χ3v) is 4.94. The van der Waals surface area contributed by atoms with Crippen LogP contribution < -0.4 is 0 Å². The normalized spacial score (nSPS) is 12.7. The first-order valence-corrected chi connectivity index (χ1v) is 7.65. The van der Waals surface area contributed by atoms with Gasteiger partial charge in [-0.05, 0) is 50.4 Å². The van der Waals surface area contributed by atoms with E-state index in [0.717, 1.165) is 18.7 Å². The second kappa shape index (κ2) is 5.65. The molecule has 1 atom stereocenters. The van der Waals surface area contributed by atoms with Crippen LogP contribution in [-0.2, 0) is 6.42 Å². The summed E-state index contributed by atoms with van der Waals surface area (Å²) in [6.07, 6.45) is 0.178. The fraction of sp³-hybridized carbons (Fsp3) is 0.231. The molecule has 0 fully saturated rings. The topological polar surface area (TPSA) is 20.2 Å². The maximum absolute atomic E-state index is 10.2. The van der Waals surface area contributed by atoms with Crippen LogP contribution >= 0.6 is 43.2 Å². The van der Waals surface area contributed by atoms with Crippen LogP contribution in [-0.4, -0.2) is 5.11 Å². The number of rotatable bonds is 3. The number of benzene rings is 1. The Morgan fingerprint density at radius 2 is 2.06 bits per heavy atom. The number of hydrogen-bond donors (Lipinski definition) is 1. The molecule has 1 unspecified atom stereocenters. The van der Waals surface area contributed by atoms with Gasteiger partial charge in [-0.1, -0.05) is 29.8 Å². The molecule has 0 aliphatic rings. The Bertz CT molecular complexity index is 522. The van der Waals surface area contributed by atoms with Crippen molar-refractivity contribution in [3.8, 4) is 0 Å². The predicted molar refractivity (Wildman–Crippen MR) is 79.6 cm³/mol. The Labute approximate surface area is 122 Å². The Hall–Kier alpha value is -0.160. The van der Waals surface area contributed by atoms with Gasteiger partial charge in [0.05, 0.1) is 13.7 Å². The molecule has 1 aromatic carbocycles. The first kappa shape index (κ1) is 13.3. The summed E-state index contributed by atoms with van der Waals surface area (Å²) in [6, 6.07) is 10.2. The van der Waals surface area contributed by atoms with Crippen LogP contribution in [0.4, 0.5) is 0 Å². The maximum Gasteiger partial charge on any atom is 0.0849 e. The summed E-state index contributed by atoms with van der Waals surface area (Å²) in [5.41, 5.74) is 3.33. The largest absolute Gasteiger partial charge is 0.388 e. The third-order valence-electron chi connectivity index (χ3n) is 2.55. The summed E-state index contributed by atoms with van der Waals surface area (Å²) < 4.78 is 2.02. The molecule has 0 amide bonds. The quantitative estimate of drug-likeness (QED) is 0.812. The van der Waals surface area contributed by atoms with Crippen molar-refractivity contribution in [1.82, 2.24) is 0 Å². The highest BCUT2D eigenvalue weighted by Crippen LogP contribution is 2.36. The summed E-state index contributed by atoms with van der Waals surface area (Å²) in [5.74, 6) is 0. The lowest BCUT2D eigenvalue weighted by Crippen LogP contribution is -2.01. The Morgan fingerprint density at radius 3 is 2.65 bits per heavy atom. The summed E-state index contributed by atoms with van der Waals surface area (Å²) in [7, 11) is 0. The van der Waals surface area contributed by atoms with E-state index in [1.807, 2.05) is 18.2 Å². The van der Waals surface area contributed by atoms with Gasteiger partial charge < -0.3 is 5.11 Å². The zero-order valence-corrected chi connectivity index (χ0v) is 13.3. The molecule has 2 aromatic rings. The molecule has 0 saturated carbocycles. The Morgan fingerprint density at radius 1 is 1.29 bits per heavy atom. The van der Waals surface area contributed by atoms with Crippen LogP contribution in [0.15, 0.2) is 37.9 Å². The van der Waals surface area contributed by atoms with Crippen molar-refractivity contribution in [3.63, 3.8) is 0 Å². The van der Waals surface area contributed by atoms with E-state index in [1.165, 1.54) is 5.56 Å². The molecular formula is C13H12Br2OS. The number of aliphatic hydroxyl groups is 1. The van der Waals surface area contributed by atoms with Crippen molar-refractivity contribution >= 4 is 43.2 Å². The minimum absolute atomic E-state index is 0.464. The highest BCUT2D eigenvalue weighted by atomic mass is 79.9. The zero-order valence-electron chi connectivity index (χ0n) is 9.28. The van der Waals surface area contributed by atoms with E-state index >= 15 is 0 Å². The van der Waals surface area contributed by atoms with Gasteiger partial charge in [-0.15, -0.1) is 11.3 Å². The van der Waals surface area contributed by atoms with Gasteiger partial charge in [0.1, 0.15) is 0 Å². The van der Waals surface area contributed by atoms with Gasteiger partial charge in [-0.2, -0.15) is 0 Å². The van der Waals surface area contributed by atoms with Gasteiger partial charge >= 0.3 is 0 Å². The SMILES string of the molecule is Cc1cccc(CC(O)c2cc(Br)sc2Br)c1. The van der Waals surface area contributed by atoms with Crippen molar-refractivity contribution in [1.29, 1.82) is 0 Å². The molecular weight excluding hydrogens is 364 g/mol. The second-order valence-electron chi connectivity index (χ2n) is 3.99. The molecule has 0 aliphatic heterocycles. The molecule has 1 heterocycles. The lowest BCUT2D eigenvalue weighted by Gasteiger charge is -2.10. The summed E-state index contributed by atoms with van der Waals surface area (Å²) in [5, 5.41) is 10.2. The van der Waals surface area contributed by atoms with Gasteiger partial charge in [-0.3, -0.25) is 0 Å². The van der Waals surface area contributed by atoms with Crippen molar-refractivity contribution in [2.24, 2.45) is 0 Å². The molecule has 0 saturated heterocycles. The van der Waals surface area contributed by atoms with Crippen molar-refractivity contribution in [3.05, 3.63) is 54.6 Å². The molecule has 4 heteroatoms. The van der Waals surface area contributed by atoms with E-state index in [2.05, 4.69) is 50.9 Å². The Balaban J connectivity index is 2.16. The van der Waals surface area contributed by atoms with E-state index < -0.39 is 6.10 Å². The van der Waals surface area contributed by atoms with E-state index in [0.29, 0.717) is 6.42 Å². The fourth-order valence-electron chi connectivity index (χ4n) is 1.75. The van der Waals surface area contributed by atoms with Crippen molar-refractivity contribution < 1.29 is 5.11 Å². The number of aliphatic hydroxyl groups excluding tert-OH is 1. The molecule has 0 spiro atoms. The van der Waals surface area contributed by atoms with Crippen LogP contribution in [0.2, 0.25) is 0 Å². The number of aryl methyl sites for hydroxylation is 1. The Kier molecular flexibility index (Phi) is 4.42. The molecule has 17 heavy (non-hydrogen) atoms. The maximum atomic E-state index is 10.2. The van der Waals surface area contributed by atoms with E-state index in [1.54, 1.807) is 11.3 Å². The van der Waals surface area contributed by atoms with Gasteiger partial charge in [-0.25, -0.2) is 0 Å². The fourth-order valence-corrected chi connectivity index (χ4v) is 4.71. The molecule has 1 nitrogen and oxygen atoms in total. The molecule has 1 aromatic heterocycles. The highest BCUT2D eigenvalue weighted by molar-refractivity contribution is 9.12. The summed E-state index contributed by atoms with van der Waals surface area (Å²) >= 11 is 8.48. The van der Waals surface area contributed by atoms with Crippen LogP contribution in [0, 0.1) is 6.92 Å². The van der Waals surface area contributed by atoms with Gasteiger partial charge in [0, 0.05) is 12.0 Å². The summed E-state index contributed by atoms with van der Waals surface area (Å²) in [6.45, 7) is 2.06. The monoisotopic (exact) mass is 374 g/mol. The molecule has 90 valence electrons. The lowest BCUT2D eigenvalue weighted by atomic mass is 10.0. The first-order chi connectivity index (χ1) is 8.06. The van der Waals surface area contributed by atoms with E-state index in [-0.39, 0.29) is 0 Å². The zero-order chi connectivity index (χ0) is 12.4. The second-order valence-corrected chi connectivity index (χ2v) is 7.74. The van der Waals surface area contributed by atoms with Crippen LogP contribution in [0.5, 0.6) is 0 Å². The van der Waals surface area contributed by atoms with Crippen LogP contribution in [0.3, 0.4) is 0 Å².